The second kappa shape index (κ2) is 7.74. The van der Waals surface area contributed by atoms with Crippen molar-refractivity contribution in [3.8, 4) is 11.5 Å². The van der Waals surface area contributed by atoms with Crippen LogP contribution in [0.15, 0.2) is 52.7 Å². The van der Waals surface area contributed by atoms with Gasteiger partial charge in [0.25, 0.3) is 0 Å². The number of ether oxygens (including phenoxy) is 3. The van der Waals surface area contributed by atoms with Crippen molar-refractivity contribution >= 4 is 33.8 Å². The molecule has 0 aliphatic carbocycles. The van der Waals surface area contributed by atoms with E-state index < -0.39 is 12.1 Å². The number of Topliss-reactive ketones (excluding diaryl/α,β-unsaturated/α-hetero) is 1. The molecule has 0 saturated carbocycles. The molecule has 1 heterocycles. The van der Waals surface area contributed by atoms with Gasteiger partial charge in [0.2, 0.25) is 5.78 Å². The molecule has 1 unspecified atom stereocenters. The third-order valence-corrected chi connectivity index (χ3v) is 4.49. The Hall–Kier alpha value is -2.60. The van der Waals surface area contributed by atoms with Crippen LogP contribution in [-0.4, -0.2) is 24.5 Å². The van der Waals surface area contributed by atoms with Crippen molar-refractivity contribution in [1.82, 2.24) is 0 Å². The molecule has 0 amide bonds. The number of esters is 1. The monoisotopic (exact) mass is 416 g/mol. The average Bonchev–Trinajstić information content (AvgIpc) is 2.92. The predicted molar refractivity (Wildman–Crippen MR) is 100 cm³/mol. The van der Waals surface area contributed by atoms with Gasteiger partial charge < -0.3 is 14.2 Å². The summed E-state index contributed by atoms with van der Waals surface area (Å²) in [5, 5.41) is 0. The van der Waals surface area contributed by atoms with E-state index in [1.54, 1.807) is 38.1 Å². The number of fused-ring (bicyclic) bond motifs is 1. The third-order valence-electron chi connectivity index (χ3n) is 3.76. The molecule has 0 saturated heterocycles. The number of rotatable bonds is 5. The van der Waals surface area contributed by atoms with Crippen LogP contribution in [0.3, 0.4) is 0 Å². The molecular formula is C20H17BrO5. The zero-order valence-electron chi connectivity index (χ0n) is 14.3. The molecule has 0 spiro atoms. The summed E-state index contributed by atoms with van der Waals surface area (Å²) in [6, 6.07) is 12.4. The maximum absolute atomic E-state index is 12.5. The van der Waals surface area contributed by atoms with Crippen molar-refractivity contribution in [3.63, 3.8) is 0 Å². The highest BCUT2D eigenvalue weighted by atomic mass is 79.9. The molecule has 0 aromatic heterocycles. The molecule has 1 aliphatic rings. The van der Waals surface area contributed by atoms with E-state index in [-0.39, 0.29) is 18.1 Å². The van der Waals surface area contributed by atoms with E-state index in [2.05, 4.69) is 15.9 Å². The van der Waals surface area contributed by atoms with E-state index in [0.717, 1.165) is 10.0 Å². The number of carbonyl (C=O) groups is 2. The minimum absolute atomic E-state index is 0.194. The highest BCUT2D eigenvalue weighted by molar-refractivity contribution is 9.10. The first kappa shape index (κ1) is 18.2. The molecule has 0 N–H and O–H groups in total. The van der Waals surface area contributed by atoms with E-state index in [1.807, 2.05) is 24.3 Å². The van der Waals surface area contributed by atoms with Crippen molar-refractivity contribution in [2.75, 3.05) is 6.61 Å². The summed E-state index contributed by atoms with van der Waals surface area (Å²) in [5.41, 5.74) is 1.30. The normalized spacial score (nSPS) is 15.3. The lowest BCUT2D eigenvalue weighted by Crippen LogP contribution is -2.26. The van der Waals surface area contributed by atoms with E-state index in [0.29, 0.717) is 17.1 Å². The molecule has 0 fully saturated rings. The molecule has 6 heteroatoms. The Balaban J connectivity index is 1.80. The van der Waals surface area contributed by atoms with Crippen LogP contribution < -0.4 is 9.47 Å². The van der Waals surface area contributed by atoms with Crippen LogP contribution in [-0.2, 0) is 9.53 Å². The molecule has 0 radical (unpaired) electrons. The van der Waals surface area contributed by atoms with E-state index >= 15 is 0 Å². The summed E-state index contributed by atoms with van der Waals surface area (Å²) >= 11 is 3.45. The van der Waals surface area contributed by atoms with Gasteiger partial charge in [-0.25, -0.2) is 4.79 Å². The minimum Gasteiger partial charge on any atom is -0.479 e. The topological polar surface area (TPSA) is 61.8 Å². The van der Waals surface area contributed by atoms with Gasteiger partial charge in [0.1, 0.15) is 11.5 Å². The number of ketones is 1. The van der Waals surface area contributed by atoms with Crippen LogP contribution in [0.1, 0.15) is 29.8 Å². The number of carbonyl (C=O) groups excluding carboxylic acids is 2. The van der Waals surface area contributed by atoms with Crippen molar-refractivity contribution in [2.45, 2.75) is 20.0 Å². The largest absolute Gasteiger partial charge is 0.479 e. The Bertz CT molecular complexity index is 888. The molecule has 134 valence electrons. The van der Waals surface area contributed by atoms with Crippen LogP contribution in [0.4, 0.5) is 0 Å². The number of allylic oxidation sites excluding steroid dienone is 1. The number of hydrogen-bond acceptors (Lipinski definition) is 5. The van der Waals surface area contributed by atoms with Crippen molar-refractivity contribution in [3.05, 3.63) is 63.8 Å². The Labute approximate surface area is 159 Å². The third kappa shape index (κ3) is 3.80. The van der Waals surface area contributed by atoms with Crippen LogP contribution in [0.25, 0.3) is 6.08 Å². The smallest absolute Gasteiger partial charge is 0.347 e. The summed E-state index contributed by atoms with van der Waals surface area (Å²) in [6.45, 7) is 3.63. The van der Waals surface area contributed by atoms with Gasteiger partial charge in [-0.2, -0.15) is 0 Å². The lowest BCUT2D eigenvalue weighted by Gasteiger charge is -2.13. The SMILES string of the molecule is CCOC(=O)C(C)Oc1ccc2c(c1)O/C(=C\c1ccccc1Br)C2=O. The Morgan fingerprint density at radius 3 is 2.77 bits per heavy atom. The summed E-state index contributed by atoms with van der Waals surface area (Å²) in [4.78, 5) is 24.2. The number of hydrogen-bond donors (Lipinski definition) is 0. The molecular weight excluding hydrogens is 400 g/mol. The Morgan fingerprint density at radius 1 is 1.27 bits per heavy atom. The molecule has 26 heavy (non-hydrogen) atoms. The predicted octanol–water partition coefficient (Wildman–Crippen LogP) is 4.40. The maximum Gasteiger partial charge on any atom is 0.347 e. The molecule has 3 rings (SSSR count). The molecule has 5 nitrogen and oxygen atoms in total. The fourth-order valence-corrected chi connectivity index (χ4v) is 2.89. The molecule has 2 aromatic rings. The first-order valence-corrected chi connectivity index (χ1v) is 8.95. The van der Waals surface area contributed by atoms with Crippen molar-refractivity contribution < 1.29 is 23.8 Å². The first-order valence-electron chi connectivity index (χ1n) is 8.15. The fourth-order valence-electron chi connectivity index (χ4n) is 2.49. The summed E-state index contributed by atoms with van der Waals surface area (Å²) in [7, 11) is 0. The van der Waals surface area contributed by atoms with Crippen molar-refractivity contribution in [1.29, 1.82) is 0 Å². The lowest BCUT2D eigenvalue weighted by atomic mass is 10.1. The van der Waals surface area contributed by atoms with Gasteiger partial charge in [0.15, 0.2) is 11.9 Å². The Morgan fingerprint density at radius 2 is 2.04 bits per heavy atom. The van der Waals surface area contributed by atoms with Crippen LogP contribution in [0.5, 0.6) is 11.5 Å². The highest BCUT2D eigenvalue weighted by Crippen LogP contribution is 2.35. The van der Waals surface area contributed by atoms with Gasteiger partial charge in [0, 0.05) is 10.5 Å². The van der Waals surface area contributed by atoms with Crippen LogP contribution in [0.2, 0.25) is 0 Å². The second-order valence-electron chi connectivity index (χ2n) is 5.63. The van der Waals surface area contributed by atoms with Gasteiger partial charge in [-0.1, -0.05) is 34.1 Å². The molecule has 0 bridgehead atoms. The highest BCUT2D eigenvalue weighted by Gasteiger charge is 2.28. The zero-order chi connectivity index (χ0) is 18.7. The second-order valence-corrected chi connectivity index (χ2v) is 6.49. The molecule has 1 atom stereocenters. The fraction of sp³-hybridized carbons (Fsp3) is 0.200. The summed E-state index contributed by atoms with van der Waals surface area (Å²) in [5.74, 6) is 0.434. The quantitative estimate of drug-likeness (QED) is 0.533. The summed E-state index contributed by atoms with van der Waals surface area (Å²) in [6.07, 6.45) is 0.939. The molecule has 2 aromatic carbocycles. The van der Waals surface area contributed by atoms with E-state index in [9.17, 15) is 9.59 Å². The van der Waals surface area contributed by atoms with Crippen molar-refractivity contribution in [2.24, 2.45) is 0 Å². The van der Waals surface area contributed by atoms with Gasteiger partial charge in [-0.3, -0.25) is 4.79 Å². The van der Waals surface area contributed by atoms with Gasteiger partial charge in [0.05, 0.1) is 12.2 Å². The van der Waals surface area contributed by atoms with E-state index in [4.69, 9.17) is 14.2 Å². The zero-order valence-corrected chi connectivity index (χ0v) is 15.9. The number of benzene rings is 2. The average molecular weight is 417 g/mol. The van der Waals surface area contributed by atoms with Gasteiger partial charge >= 0.3 is 5.97 Å². The van der Waals surface area contributed by atoms with Crippen LogP contribution >= 0.6 is 15.9 Å². The summed E-state index contributed by atoms with van der Waals surface area (Å²) < 4.78 is 17.1. The molecule has 1 aliphatic heterocycles. The van der Waals surface area contributed by atoms with E-state index in [1.165, 1.54) is 0 Å². The number of halogens is 1. The van der Waals surface area contributed by atoms with Crippen LogP contribution in [0, 0.1) is 0 Å². The van der Waals surface area contributed by atoms with Gasteiger partial charge in [-0.15, -0.1) is 0 Å². The first-order chi connectivity index (χ1) is 12.5. The Kier molecular flexibility index (Phi) is 5.42. The van der Waals surface area contributed by atoms with Gasteiger partial charge in [-0.05, 0) is 43.7 Å². The minimum atomic E-state index is -0.750. The lowest BCUT2D eigenvalue weighted by molar-refractivity contribution is -0.150. The maximum atomic E-state index is 12.5. The standard InChI is InChI=1S/C20H17BrO5/c1-3-24-20(23)12(2)25-14-8-9-15-17(11-14)26-18(19(15)22)10-13-6-4-5-7-16(13)21/h4-12H,3H2,1-2H3/b18-10-.